The summed E-state index contributed by atoms with van der Waals surface area (Å²) in [6, 6.07) is 7.57. The number of hydrogen-bond acceptors (Lipinski definition) is 3. The predicted molar refractivity (Wildman–Crippen MR) is 81.3 cm³/mol. The van der Waals surface area contributed by atoms with Gasteiger partial charge in [0, 0.05) is 6.54 Å². The molecule has 0 amide bonds. The van der Waals surface area contributed by atoms with Gasteiger partial charge in [-0.3, -0.25) is 9.36 Å². The maximum atomic E-state index is 11.8. The molecule has 2 aromatic rings. The fourth-order valence-electron chi connectivity index (χ4n) is 2.14. The van der Waals surface area contributed by atoms with Gasteiger partial charge in [-0.1, -0.05) is 19.1 Å². The monoisotopic (exact) mass is 294 g/mol. The van der Waals surface area contributed by atoms with Crippen LogP contribution in [0, 0.1) is 0 Å². The Morgan fingerprint density at radius 3 is 2.90 bits per heavy atom. The number of hydrogen-bond donors (Lipinski definition) is 2. The number of nitrogens with one attached hydrogen (secondary N) is 1. The maximum absolute atomic E-state index is 11.8. The van der Waals surface area contributed by atoms with E-state index < -0.39 is 5.97 Å². The van der Waals surface area contributed by atoms with Gasteiger partial charge in [0.25, 0.3) is 0 Å². The summed E-state index contributed by atoms with van der Waals surface area (Å²) in [5.74, 6) is -0.0294. The summed E-state index contributed by atoms with van der Waals surface area (Å²) in [6.45, 7) is 2.47. The number of imidazole rings is 1. The molecule has 1 aromatic heterocycles. The maximum Gasteiger partial charge on any atom is 0.326 e. The number of H-pyrrole nitrogens is 1. The van der Waals surface area contributed by atoms with Crippen LogP contribution < -0.4 is 5.69 Å². The molecule has 2 rings (SSSR count). The molecule has 2 N–H and O–H groups in total. The zero-order valence-corrected chi connectivity index (χ0v) is 12.2. The third-order valence-corrected chi connectivity index (χ3v) is 4.63. The Bertz CT molecular complexity index is 647. The molecule has 0 bridgehead atoms. The molecule has 0 radical (unpaired) electrons. The Labute approximate surface area is 121 Å². The van der Waals surface area contributed by atoms with Crippen molar-refractivity contribution >= 4 is 28.8 Å². The molecule has 0 spiro atoms. The first-order valence-electron chi connectivity index (χ1n) is 6.65. The number of aromatic amines is 1. The van der Waals surface area contributed by atoms with Crippen molar-refractivity contribution in [2.24, 2.45) is 0 Å². The van der Waals surface area contributed by atoms with Gasteiger partial charge in [-0.15, -0.1) is 11.8 Å². The Morgan fingerprint density at radius 1 is 1.45 bits per heavy atom. The molecule has 6 heteroatoms. The molecule has 0 saturated heterocycles. The van der Waals surface area contributed by atoms with Crippen LogP contribution in [-0.4, -0.2) is 31.6 Å². The van der Waals surface area contributed by atoms with Gasteiger partial charge in [-0.05, 0) is 30.7 Å². The van der Waals surface area contributed by atoms with E-state index in [4.69, 9.17) is 5.11 Å². The quantitative estimate of drug-likeness (QED) is 0.768. The first-order chi connectivity index (χ1) is 9.63. The van der Waals surface area contributed by atoms with Crippen LogP contribution >= 0.6 is 11.8 Å². The minimum Gasteiger partial charge on any atom is -0.480 e. The predicted octanol–water partition coefficient (Wildman–Crippen LogP) is 2.32. The van der Waals surface area contributed by atoms with Crippen LogP contribution in [0.3, 0.4) is 0 Å². The number of fused-ring (bicyclic) bond motifs is 1. The van der Waals surface area contributed by atoms with Crippen LogP contribution in [0.2, 0.25) is 0 Å². The molecule has 0 saturated carbocycles. The molecular weight excluding hydrogens is 276 g/mol. The van der Waals surface area contributed by atoms with E-state index in [0.29, 0.717) is 13.0 Å². The molecule has 1 unspecified atom stereocenters. The van der Waals surface area contributed by atoms with E-state index in [0.717, 1.165) is 23.2 Å². The van der Waals surface area contributed by atoms with Gasteiger partial charge in [0.15, 0.2) is 0 Å². The first kappa shape index (κ1) is 14.7. The summed E-state index contributed by atoms with van der Waals surface area (Å²) in [5.41, 5.74) is 1.62. The average Bonchev–Trinajstić information content (AvgIpc) is 2.74. The molecule has 1 aromatic carbocycles. The fourth-order valence-corrected chi connectivity index (χ4v) is 3.10. The van der Waals surface area contributed by atoms with Gasteiger partial charge >= 0.3 is 11.7 Å². The van der Waals surface area contributed by atoms with Crippen LogP contribution in [0.5, 0.6) is 0 Å². The SMILES string of the molecule is CCC(SCCCn1c(=O)[nH]c2ccccc21)C(=O)O. The Morgan fingerprint density at radius 2 is 2.20 bits per heavy atom. The van der Waals surface area contributed by atoms with E-state index in [-0.39, 0.29) is 10.9 Å². The van der Waals surface area contributed by atoms with Gasteiger partial charge in [-0.25, -0.2) is 4.79 Å². The second-order valence-corrected chi connectivity index (χ2v) is 5.87. The van der Waals surface area contributed by atoms with E-state index in [9.17, 15) is 9.59 Å². The number of thioether (sulfide) groups is 1. The molecule has 108 valence electrons. The smallest absolute Gasteiger partial charge is 0.326 e. The lowest BCUT2D eigenvalue weighted by molar-refractivity contribution is -0.136. The molecule has 0 aliphatic rings. The summed E-state index contributed by atoms with van der Waals surface area (Å²) in [6.07, 6.45) is 1.39. The van der Waals surface area contributed by atoms with Crippen molar-refractivity contribution in [2.45, 2.75) is 31.6 Å². The topological polar surface area (TPSA) is 75.1 Å². The van der Waals surface area contributed by atoms with E-state index in [1.807, 2.05) is 31.2 Å². The largest absolute Gasteiger partial charge is 0.480 e. The zero-order valence-electron chi connectivity index (χ0n) is 11.3. The number of carbonyl (C=O) groups is 1. The number of para-hydroxylation sites is 2. The minimum absolute atomic E-state index is 0.110. The summed E-state index contributed by atoms with van der Waals surface area (Å²) in [4.78, 5) is 25.6. The van der Waals surface area contributed by atoms with E-state index in [1.165, 1.54) is 11.8 Å². The molecule has 0 aliphatic carbocycles. The Balaban J connectivity index is 1.95. The van der Waals surface area contributed by atoms with Gasteiger partial charge in [0.1, 0.15) is 5.25 Å². The highest BCUT2D eigenvalue weighted by Crippen LogP contribution is 2.16. The first-order valence-corrected chi connectivity index (χ1v) is 7.70. The van der Waals surface area contributed by atoms with Gasteiger partial charge < -0.3 is 10.1 Å². The minimum atomic E-state index is -0.762. The number of nitrogens with zero attached hydrogens (tertiary/aromatic N) is 1. The van der Waals surface area contributed by atoms with Crippen molar-refractivity contribution in [1.29, 1.82) is 0 Å². The standard InChI is InChI=1S/C14H18N2O3S/c1-2-12(13(17)18)20-9-5-8-16-11-7-4-3-6-10(11)15-14(16)19/h3-4,6-7,12H,2,5,8-9H2,1H3,(H,15,19)(H,17,18). The van der Waals surface area contributed by atoms with Crippen molar-refractivity contribution in [3.8, 4) is 0 Å². The van der Waals surface area contributed by atoms with Crippen molar-refractivity contribution < 1.29 is 9.90 Å². The Kier molecular flexibility index (Phi) is 4.89. The lowest BCUT2D eigenvalue weighted by Crippen LogP contribution is -2.18. The van der Waals surface area contributed by atoms with Crippen LogP contribution in [0.4, 0.5) is 0 Å². The molecule has 0 fully saturated rings. The highest BCUT2D eigenvalue weighted by Gasteiger charge is 2.14. The number of aliphatic carboxylic acids is 1. The number of aryl methyl sites for hydroxylation is 1. The van der Waals surface area contributed by atoms with E-state index in [2.05, 4.69) is 4.98 Å². The van der Waals surface area contributed by atoms with Crippen molar-refractivity contribution in [1.82, 2.24) is 9.55 Å². The third-order valence-electron chi connectivity index (χ3n) is 3.17. The molecule has 1 heterocycles. The van der Waals surface area contributed by atoms with Gasteiger partial charge in [0.2, 0.25) is 0 Å². The lowest BCUT2D eigenvalue weighted by Gasteiger charge is -2.09. The Hall–Kier alpha value is -1.69. The number of benzene rings is 1. The highest BCUT2D eigenvalue weighted by molar-refractivity contribution is 8.00. The van der Waals surface area contributed by atoms with Crippen molar-refractivity contribution in [3.63, 3.8) is 0 Å². The molecule has 5 nitrogen and oxygen atoms in total. The summed E-state index contributed by atoms with van der Waals surface area (Å²) < 4.78 is 1.71. The number of aromatic nitrogens is 2. The second-order valence-electron chi connectivity index (χ2n) is 4.56. The van der Waals surface area contributed by atoms with Gasteiger partial charge in [0.05, 0.1) is 11.0 Å². The molecule has 0 aliphatic heterocycles. The lowest BCUT2D eigenvalue weighted by atomic mass is 10.3. The van der Waals surface area contributed by atoms with E-state index >= 15 is 0 Å². The van der Waals surface area contributed by atoms with Crippen LogP contribution in [-0.2, 0) is 11.3 Å². The normalized spacial score (nSPS) is 12.7. The van der Waals surface area contributed by atoms with Crippen molar-refractivity contribution in [3.05, 3.63) is 34.7 Å². The highest BCUT2D eigenvalue weighted by atomic mass is 32.2. The number of rotatable bonds is 7. The molecular formula is C14H18N2O3S. The van der Waals surface area contributed by atoms with Gasteiger partial charge in [-0.2, -0.15) is 0 Å². The second kappa shape index (κ2) is 6.65. The summed E-state index contributed by atoms with van der Waals surface area (Å²) in [5, 5.41) is 8.61. The van der Waals surface area contributed by atoms with Crippen LogP contribution in [0.25, 0.3) is 11.0 Å². The average molecular weight is 294 g/mol. The number of carboxylic acids is 1. The van der Waals surface area contributed by atoms with Crippen molar-refractivity contribution in [2.75, 3.05) is 5.75 Å². The fraction of sp³-hybridized carbons (Fsp3) is 0.429. The third kappa shape index (κ3) is 3.25. The summed E-state index contributed by atoms with van der Waals surface area (Å²) >= 11 is 1.44. The van der Waals surface area contributed by atoms with E-state index in [1.54, 1.807) is 4.57 Å². The zero-order chi connectivity index (χ0) is 14.5. The van der Waals surface area contributed by atoms with Crippen LogP contribution in [0.15, 0.2) is 29.1 Å². The van der Waals surface area contributed by atoms with Crippen LogP contribution in [0.1, 0.15) is 19.8 Å². The molecule has 20 heavy (non-hydrogen) atoms. The summed E-state index contributed by atoms with van der Waals surface area (Å²) in [7, 11) is 0. The molecule has 1 atom stereocenters. The number of carboxylic acid groups (broad SMARTS) is 1.